The number of imide groups is 2. The largest absolute Gasteiger partial charge is 0.465 e. The molecule has 204 valence electrons. The van der Waals surface area contributed by atoms with Gasteiger partial charge < -0.3 is 26.4 Å². The third-order valence-corrected chi connectivity index (χ3v) is 7.24. The Morgan fingerprint density at radius 1 is 1.11 bits per heavy atom. The summed E-state index contributed by atoms with van der Waals surface area (Å²) in [6, 6.07) is 2.07. The van der Waals surface area contributed by atoms with Crippen LogP contribution < -0.4 is 21.7 Å². The zero-order chi connectivity index (χ0) is 27.4. The molecule has 2 saturated heterocycles. The quantitative estimate of drug-likeness (QED) is 0.212. The van der Waals surface area contributed by atoms with E-state index in [2.05, 4.69) is 16.0 Å². The van der Waals surface area contributed by atoms with Crippen molar-refractivity contribution in [2.45, 2.75) is 56.7 Å². The van der Waals surface area contributed by atoms with Gasteiger partial charge in [-0.25, -0.2) is 4.79 Å². The van der Waals surface area contributed by atoms with E-state index in [1.54, 1.807) is 0 Å². The van der Waals surface area contributed by atoms with Crippen LogP contribution >= 0.6 is 0 Å². The highest BCUT2D eigenvalue weighted by Gasteiger charge is 2.46. The van der Waals surface area contributed by atoms with Gasteiger partial charge in [-0.3, -0.25) is 34.2 Å². The van der Waals surface area contributed by atoms with E-state index in [0.717, 1.165) is 30.8 Å². The van der Waals surface area contributed by atoms with Crippen molar-refractivity contribution < 1.29 is 33.9 Å². The first kappa shape index (κ1) is 27.2. The van der Waals surface area contributed by atoms with Crippen LogP contribution in [-0.4, -0.2) is 88.8 Å². The second-order valence-corrected chi connectivity index (χ2v) is 9.65. The van der Waals surface area contributed by atoms with Crippen molar-refractivity contribution in [2.24, 2.45) is 5.73 Å². The Kier molecular flexibility index (Phi) is 8.37. The maximum absolute atomic E-state index is 13.2. The normalized spacial score (nSPS) is 20.7. The highest BCUT2D eigenvalue weighted by atomic mass is 16.4. The van der Waals surface area contributed by atoms with Gasteiger partial charge in [0.2, 0.25) is 17.7 Å². The molecule has 4 rings (SSSR count). The van der Waals surface area contributed by atoms with E-state index >= 15 is 0 Å². The molecule has 0 radical (unpaired) electrons. The first-order chi connectivity index (χ1) is 18.2. The van der Waals surface area contributed by atoms with Gasteiger partial charge in [0.15, 0.2) is 0 Å². The smallest absolute Gasteiger partial charge is 0.407 e. The van der Waals surface area contributed by atoms with Crippen LogP contribution in [-0.2, 0) is 14.4 Å². The Hall–Kier alpha value is -3.84. The summed E-state index contributed by atoms with van der Waals surface area (Å²) in [6.07, 6.45) is 1.69. The molecule has 3 aliphatic heterocycles. The molecule has 38 heavy (non-hydrogen) atoms. The Labute approximate surface area is 219 Å². The fourth-order valence-electron chi connectivity index (χ4n) is 5.22. The molecule has 1 aromatic carbocycles. The third kappa shape index (κ3) is 5.53. The number of rotatable bonds is 9. The van der Waals surface area contributed by atoms with Crippen LogP contribution in [0, 0.1) is 0 Å². The number of hydrogen-bond donors (Lipinski definition) is 5. The summed E-state index contributed by atoms with van der Waals surface area (Å²) < 4.78 is 0. The number of unbranched alkanes of at least 4 members (excludes halogenated alkanes) is 1. The number of carbonyl (C=O) groups is 6. The van der Waals surface area contributed by atoms with Crippen molar-refractivity contribution in [2.75, 3.05) is 26.2 Å². The number of carboxylic acid groups (broad SMARTS) is 1. The van der Waals surface area contributed by atoms with Gasteiger partial charge in [-0.1, -0.05) is 12.1 Å². The van der Waals surface area contributed by atoms with Crippen molar-refractivity contribution >= 4 is 35.6 Å². The Bertz CT molecular complexity index is 1150. The van der Waals surface area contributed by atoms with Crippen LogP contribution in [0.3, 0.4) is 0 Å². The number of fused-ring (bicyclic) bond motifs is 1. The average Bonchev–Trinajstić information content (AvgIpc) is 3.15. The zero-order valence-corrected chi connectivity index (χ0v) is 20.9. The summed E-state index contributed by atoms with van der Waals surface area (Å²) in [7, 11) is 0. The monoisotopic (exact) mass is 528 g/mol. The number of carbonyl (C=O) groups excluding carboxylic acids is 5. The average molecular weight is 529 g/mol. The molecule has 0 aliphatic carbocycles. The van der Waals surface area contributed by atoms with Crippen molar-refractivity contribution in [3.8, 4) is 0 Å². The fourth-order valence-corrected chi connectivity index (χ4v) is 5.22. The van der Waals surface area contributed by atoms with E-state index < -0.39 is 47.7 Å². The van der Waals surface area contributed by atoms with Gasteiger partial charge >= 0.3 is 6.09 Å². The van der Waals surface area contributed by atoms with Crippen molar-refractivity contribution in [1.82, 2.24) is 25.8 Å². The molecule has 0 bridgehead atoms. The van der Waals surface area contributed by atoms with Crippen LogP contribution in [0.15, 0.2) is 18.2 Å². The molecule has 2 unspecified atom stereocenters. The Morgan fingerprint density at radius 3 is 2.53 bits per heavy atom. The van der Waals surface area contributed by atoms with E-state index in [-0.39, 0.29) is 42.1 Å². The number of piperidine rings is 2. The standard InChI is InChI=1S/C25H32N6O7/c26-20(22(34)28-10-1-2-13-30(25(37)38)14-8-11-27-12-9-14)15-4-3-5-16-19(15)24(36)31(23(16)35)17-6-7-18(32)29-21(17)33/h3-5,14,17,20,27H,1-2,6-13,26H2,(H,28,34)(H,37,38)(H,29,32,33). The van der Waals surface area contributed by atoms with Gasteiger partial charge in [0, 0.05) is 25.6 Å². The Balaban J connectivity index is 1.34. The molecule has 1 aromatic rings. The van der Waals surface area contributed by atoms with Crippen molar-refractivity contribution in [3.05, 3.63) is 34.9 Å². The number of benzene rings is 1. The summed E-state index contributed by atoms with van der Waals surface area (Å²) in [4.78, 5) is 76.7. The summed E-state index contributed by atoms with van der Waals surface area (Å²) in [5.41, 5.74) is 6.37. The summed E-state index contributed by atoms with van der Waals surface area (Å²) >= 11 is 0. The van der Waals surface area contributed by atoms with Gasteiger partial charge in [0.25, 0.3) is 11.8 Å². The number of nitrogens with two attached hydrogens (primary N) is 1. The van der Waals surface area contributed by atoms with Gasteiger partial charge in [0.1, 0.15) is 12.1 Å². The first-order valence-corrected chi connectivity index (χ1v) is 12.8. The SMILES string of the molecule is NC(C(=O)NCCCCN(C(=O)O)C1CCNCC1)c1cccc2c1C(=O)N(C1CCC(=O)NC1=O)C2=O. The van der Waals surface area contributed by atoms with Crippen LogP contribution in [0.1, 0.15) is 70.8 Å². The molecular weight excluding hydrogens is 496 g/mol. The van der Waals surface area contributed by atoms with Gasteiger partial charge in [-0.2, -0.15) is 0 Å². The lowest BCUT2D eigenvalue weighted by Gasteiger charge is -2.32. The molecule has 3 heterocycles. The molecule has 13 nitrogen and oxygen atoms in total. The predicted octanol–water partition coefficient (Wildman–Crippen LogP) is -0.284. The van der Waals surface area contributed by atoms with Gasteiger partial charge in [-0.05, 0) is 56.8 Å². The number of hydrogen-bond acceptors (Lipinski definition) is 8. The number of nitrogens with one attached hydrogen (secondary N) is 3. The molecule has 13 heteroatoms. The molecule has 2 fully saturated rings. The van der Waals surface area contributed by atoms with Gasteiger partial charge in [-0.15, -0.1) is 0 Å². The second kappa shape index (κ2) is 11.7. The van der Waals surface area contributed by atoms with E-state index in [0.29, 0.717) is 19.4 Å². The lowest BCUT2D eigenvalue weighted by atomic mass is 9.97. The molecule has 2 atom stereocenters. The lowest BCUT2D eigenvalue weighted by molar-refractivity contribution is -0.136. The molecule has 6 amide bonds. The minimum atomic E-state index is -1.24. The Morgan fingerprint density at radius 2 is 1.84 bits per heavy atom. The molecule has 3 aliphatic rings. The summed E-state index contributed by atoms with van der Waals surface area (Å²) in [5, 5.41) is 17.6. The molecule has 0 spiro atoms. The number of nitrogens with zero attached hydrogens (tertiary/aromatic N) is 2. The van der Waals surface area contributed by atoms with E-state index in [1.165, 1.54) is 23.1 Å². The minimum Gasteiger partial charge on any atom is -0.465 e. The minimum absolute atomic E-state index is 0.000672. The highest BCUT2D eigenvalue weighted by Crippen LogP contribution is 2.32. The van der Waals surface area contributed by atoms with Gasteiger partial charge in [0.05, 0.1) is 11.1 Å². The third-order valence-electron chi connectivity index (χ3n) is 7.24. The van der Waals surface area contributed by atoms with Crippen LogP contribution in [0.5, 0.6) is 0 Å². The van der Waals surface area contributed by atoms with Crippen LogP contribution in [0.4, 0.5) is 4.79 Å². The number of amides is 6. The summed E-state index contributed by atoms with van der Waals surface area (Å²) in [5.74, 6) is -3.15. The van der Waals surface area contributed by atoms with E-state index in [4.69, 9.17) is 5.73 Å². The van der Waals surface area contributed by atoms with Crippen molar-refractivity contribution in [1.29, 1.82) is 0 Å². The van der Waals surface area contributed by atoms with Crippen LogP contribution in [0.25, 0.3) is 0 Å². The topological polar surface area (TPSA) is 191 Å². The molecule has 0 aromatic heterocycles. The molecule has 0 saturated carbocycles. The zero-order valence-electron chi connectivity index (χ0n) is 20.9. The first-order valence-electron chi connectivity index (χ1n) is 12.8. The van der Waals surface area contributed by atoms with Crippen LogP contribution in [0.2, 0.25) is 0 Å². The van der Waals surface area contributed by atoms with E-state index in [9.17, 15) is 33.9 Å². The van der Waals surface area contributed by atoms with E-state index in [1.807, 2.05) is 0 Å². The lowest BCUT2D eigenvalue weighted by Crippen LogP contribution is -2.54. The highest BCUT2D eigenvalue weighted by molar-refractivity contribution is 6.24. The second-order valence-electron chi connectivity index (χ2n) is 9.65. The summed E-state index contributed by atoms with van der Waals surface area (Å²) in [6.45, 7) is 2.19. The van der Waals surface area contributed by atoms with Crippen molar-refractivity contribution in [3.63, 3.8) is 0 Å². The maximum Gasteiger partial charge on any atom is 0.407 e. The fraction of sp³-hybridized carbons (Fsp3) is 0.520. The molecule has 6 N–H and O–H groups in total. The predicted molar refractivity (Wildman–Crippen MR) is 133 cm³/mol. The maximum atomic E-state index is 13.2. The molecular formula is C25H32N6O7.